The molecule has 1 fully saturated rings. The molecule has 0 aromatic carbocycles. The molecule has 0 spiro atoms. The summed E-state index contributed by atoms with van der Waals surface area (Å²) >= 11 is 0. The molecule has 7 nitrogen and oxygen atoms in total. The monoisotopic (exact) mass is 252 g/mol. The van der Waals surface area contributed by atoms with Gasteiger partial charge in [0.15, 0.2) is 5.49 Å². The molecule has 98 valence electrons. The van der Waals surface area contributed by atoms with Crippen molar-refractivity contribution in [2.45, 2.75) is 12.8 Å². The molecule has 0 radical (unpaired) electrons. The van der Waals surface area contributed by atoms with Gasteiger partial charge in [-0.2, -0.15) is 4.73 Å². The minimum Gasteiger partial charge on any atom is -0.427 e. The normalized spacial score (nSPS) is 17.2. The minimum absolute atomic E-state index is 0.0692. The predicted molar refractivity (Wildman–Crippen MR) is 64.4 cm³/mol. The van der Waals surface area contributed by atoms with E-state index in [0.29, 0.717) is 6.54 Å². The average molecular weight is 252 g/mol. The molecule has 0 saturated carbocycles. The first-order valence-corrected chi connectivity index (χ1v) is 5.96. The lowest BCUT2D eigenvalue weighted by Gasteiger charge is -2.11. The number of nitrogens with zero attached hydrogens (tertiary/aromatic N) is 4. The predicted octanol–water partition coefficient (Wildman–Crippen LogP) is 0.630. The van der Waals surface area contributed by atoms with Crippen molar-refractivity contribution < 1.29 is 10.1 Å². The van der Waals surface area contributed by atoms with E-state index in [1.54, 1.807) is 0 Å². The number of likely N-dealkylation sites (tertiary alicyclic amines) is 1. The van der Waals surface area contributed by atoms with Gasteiger partial charge in [0.25, 0.3) is 5.69 Å². The van der Waals surface area contributed by atoms with Crippen LogP contribution in [0.15, 0.2) is 23.3 Å². The van der Waals surface area contributed by atoms with Crippen LogP contribution in [0.5, 0.6) is 0 Å². The van der Waals surface area contributed by atoms with Gasteiger partial charge >= 0.3 is 0 Å². The lowest BCUT2D eigenvalue weighted by atomic mass is 10.4. The van der Waals surface area contributed by atoms with Crippen LogP contribution in [-0.4, -0.2) is 45.9 Å². The van der Waals surface area contributed by atoms with Crippen LogP contribution in [0, 0.1) is 10.1 Å². The van der Waals surface area contributed by atoms with Crippen LogP contribution in [0.4, 0.5) is 5.69 Å². The second kappa shape index (κ2) is 5.63. The highest BCUT2D eigenvalue weighted by molar-refractivity contribution is 5.25. The third kappa shape index (κ3) is 3.07. The SMILES string of the molecule is O=[N+]([O-])c1ccn(O)c(=NCCN2CCCC2)c1. The second-order valence-electron chi connectivity index (χ2n) is 4.28. The van der Waals surface area contributed by atoms with Crippen molar-refractivity contribution in [3.05, 3.63) is 33.9 Å². The van der Waals surface area contributed by atoms with Gasteiger partial charge in [-0.15, -0.1) is 0 Å². The second-order valence-corrected chi connectivity index (χ2v) is 4.28. The lowest BCUT2D eigenvalue weighted by molar-refractivity contribution is -0.385. The summed E-state index contributed by atoms with van der Waals surface area (Å²) in [5.74, 6) is 0. The fourth-order valence-corrected chi connectivity index (χ4v) is 2.01. The molecule has 1 N–H and O–H groups in total. The first-order chi connectivity index (χ1) is 8.66. The van der Waals surface area contributed by atoms with Gasteiger partial charge in [0, 0.05) is 12.6 Å². The molecule has 7 heteroatoms. The van der Waals surface area contributed by atoms with Crippen molar-refractivity contribution in [1.29, 1.82) is 0 Å². The van der Waals surface area contributed by atoms with Gasteiger partial charge in [-0.1, -0.05) is 0 Å². The Morgan fingerprint density at radius 1 is 1.44 bits per heavy atom. The number of aromatic nitrogens is 1. The van der Waals surface area contributed by atoms with E-state index in [-0.39, 0.29) is 11.2 Å². The van der Waals surface area contributed by atoms with E-state index in [1.807, 2.05) is 0 Å². The molecule has 0 bridgehead atoms. The molecule has 1 aromatic rings. The van der Waals surface area contributed by atoms with E-state index in [4.69, 9.17) is 0 Å². The lowest BCUT2D eigenvalue weighted by Crippen LogP contribution is -2.25. The summed E-state index contributed by atoms with van der Waals surface area (Å²) in [7, 11) is 0. The summed E-state index contributed by atoms with van der Waals surface area (Å²) in [5, 5.41) is 20.1. The van der Waals surface area contributed by atoms with Crippen LogP contribution in [0.3, 0.4) is 0 Å². The van der Waals surface area contributed by atoms with Gasteiger partial charge in [-0.05, 0) is 25.9 Å². The number of pyridine rings is 1. The number of rotatable bonds is 4. The molecule has 2 heterocycles. The van der Waals surface area contributed by atoms with Gasteiger partial charge < -0.3 is 10.1 Å². The molecule has 1 aliphatic rings. The Labute approximate surface area is 104 Å². The molecule has 0 amide bonds. The highest BCUT2D eigenvalue weighted by atomic mass is 16.6. The number of hydrogen-bond donors (Lipinski definition) is 1. The zero-order chi connectivity index (χ0) is 13.0. The van der Waals surface area contributed by atoms with Gasteiger partial charge in [-0.3, -0.25) is 15.1 Å². The van der Waals surface area contributed by atoms with E-state index in [0.717, 1.165) is 24.4 Å². The molecule has 0 aliphatic carbocycles. The van der Waals surface area contributed by atoms with E-state index in [9.17, 15) is 15.3 Å². The van der Waals surface area contributed by atoms with E-state index >= 15 is 0 Å². The first-order valence-electron chi connectivity index (χ1n) is 5.96. The largest absolute Gasteiger partial charge is 0.427 e. The van der Waals surface area contributed by atoms with Crippen LogP contribution in [0.25, 0.3) is 0 Å². The summed E-state index contributed by atoms with van der Waals surface area (Å²) in [5.41, 5.74) is 0.142. The molecule has 2 rings (SSSR count). The Balaban J connectivity index is 2.06. The average Bonchev–Trinajstić information content (AvgIpc) is 2.84. The maximum Gasteiger partial charge on any atom is 0.274 e. The van der Waals surface area contributed by atoms with E-state index < -0.39 is 4.92 Å². The highest BCUT2D eigenvalue weighted by Crippen LogP contribution is 2.06. The first kappa shape index (κ1) is 12.6. The van der Waals surface area contributed by atoms with Gasteiger partial charge in [0.1, 0.15) is 0 Å². The van der Waals surface area contributed by atoms with Crippen LogP contribution in [0.2, 0.25) is 0 Å². The summed E-state index contributed by atoms with van der Waals surface area (Å²) in [6.45, 7) is 3.53. The summed E-state index contributed by atoms with van der Waals surface area (Å²) < 4.78 is 0.803. The summed E-state index contributed by atoms with van der Waals surface area (Å²) in [6, 6.07) is 2.50. The van der Waals surface area contributed by atoms with Crippen LogP contribution in [0.1, 0.15) is 12.8 Å². The zero-order valence-corrected chi connectivity index (χ0v) is 10.0. The quantitative estimate of drug-likeness (QED) is 0.484. The zero-order valence-electron chi connectivity index (χ0n) is 10.0. The third-order valence-corrected chi connectivity index (χ3v) is 3.00. The van der Waals surface area contributed by atoms with Crippen LogP contribution in [-0.2, 0) is 0 Å². The minimum atomic E-state index is -0.501. The van der Waals surface area contributed by atoms with Crippen molar-refractivity contribution in [2.75, 3.05) is 26.2 Å². The molecule has 1 saturated heterocycles. The third-order valence-electron chi connectivity index (χ3n) is 3.00. The van der Waals surface area contributed by atoms with Crippen molar-refractivity contribution >= 4 is 5.69 Å². The summed E-state index contributed by atoms with van der Waals surface area (Å²) in [4.78, 5) is 16.6. The van der Waals surface area contributed by atoms with Crippen molar-refractivity contribution in [3.8, 4) is 0 Å². The maximum atomic E-state index is 10.6. The molecular weight excluding hydrogens is 236 g/mol. The Hall–Kier alpha value is -1.89. The smallest absolute Gasteiger partial charge is 0.274 e. The van der Waals surface area contributed by atoms with Gasteiger partial charge in [0.05, 0.1) is 23.7 Å². The highest BCUT2D eigenvalue weighted by Gasteiger charge is 2.10. The summed E-state index contributed by atoms with van der Waals surface area (Å²) in [6.07, 6.45) is 3.67. The van der Waals surface area contributed by atoms with Gasteiger partial charge in [0.2, 0.25) is 0 Å². The van der Waals surface area contributed by atoms with Crippen molar-refractivity contribution in [1.82, 2.24) is 9.63 Å². The van der Waals surface area contributed by atoms with Gasteiger partial charge in [-0.25, -0.2) is 0 Å². The molecule has 1 aromatic heterocycles. The van der Waals surface area contributed by atoms with Crippen molar-refractivity contribution in [2.24, 2.45) is 4.99 Å². The topological polar surface area (TPSA) is 83.9 Å². The molecule has 18 heavy (non-hydrogen) atoms. The van der Waals surface area contributed by atoms with Crippen LogP contribution < -0.4 is 5.49 Å². The Kier molecular flexibility index (Phi) is 3.93. The fourth-order valence-electron chi connectivity index (χ4n) is 2.01. The standard InChI is InChI=1S/C11H16N4O3/c16-14-7-3-10(15(17)18)9-11(14)12-4-8-13-5-1-2-6-13/h3,7,9,16H,1-2,4-6,8H2. The molecule has 1 aliphatic heterocycles. The number of hydrogen-bond acceptors (Lipinski definition) is 5. The van der Waals surface area contributed by atoms with Crippen LogP contribution >= 0.6 is 0 Å². The Bertz CT molecular complexity index is 491. The van der Waals surface area contributed by atoms with Crippen molar-refractivity contribution in [3.63, 3.8) is 0 Å². The maximum absolute atomic E-state index is 10.6. The van der Waals surface area contributed by atoms with E-state index in [1.165, 1.54) is 31.2 Å². The number of nitro groups is 1. The molecular formula is C11H16N4O3. The Morgan fingerprint density at radius 2 is 2.17 bits per heavy atom. The fraction of sp³-hybridized carbons (Fsp3) is 0.545. The Morgan fingerprint density at radius 3 is 2.83 bits per heavy atom. The molecule has 0 unspecified atom stereocenters. The molecule has 0 atom stereocenters. The van der Waals surface area contributed by atoms with E-state index in [2.05, 4.69) is 9.89 Å².